The first-order valence-corrected chi connectivity index (χ1v) is 11.7. The molecular weight excluding hydrogens is 403 g/mol. The Morgan fingerprint density at radius 2 is 1.73 bits per heavy atom. The molecular formula is C23H31FN2O3S. The number of benzene rings is 2. The first-order valence-electron chi connectivity index (χ1n) is 10.1. The van der Waals surface area contributed by atoms with E-state index in [2.05, 4.69) is 42.9 Å². The Hall–Kier alpha value is -2.41. The molecule has 0 aliphatic carbocycles. The van der Waals surface area contributed by atoms with Gasteiger partial charge in [-0.15, -0.1) is 0 Å². The zero-order chi connectivity index (χ0) is 22.5. The third-order valence-electron chi connectivity index (χ3n) is 4.91. The molecule has 0 aliphatic rings. The second-order valence-corrected chi connectivity index (χ2v) is 10.4. The number of carbonyl (C=O) groups is 1. The van der Waals surface area contributed by atoms with Crippen LogP contribution in [-0.2, 0) is 26.8 Å². The number of hydrogen-bond acceptors (Lipinski definition) is 3. The van der Waals surface area contributed by atoms with Crippen molar-refractivity contribution in [1.29, 1.82) is 0 Å². The number of halogens is 1. The summed E-state index contributed by atoms with van der Waals surface area (Å²) in [5.74, 6) is -1.59. The van der Waals surface area contributed by atoms with Crippen molar-refractivity contribution in [2.45, 2.75) is 58.9 Å². The van der Waals surface area contributed by atoms with Gasteiger partial charge in [0.25, 0.3) is 0 Å². The summed E-state index contributed by atoms with van der Waals surface area (Å²) in [7, 11) is -3.58. The van der Waals surface area contributed by atoms with Crippen molar-refractivity contribution < 1.29 is 17.6 Å². The van der Waals surface area contributed by atoms with Crippen LogP contribution in [0.15, 0.2) is 42.5 Å². The van der Waals surface area contributed by atoms with Gasteiger partial charge in [-0.25, -0.2) is 12.8 Å². The second-order valence-electron chi connectivity index (χ2n) is 8.55. The Morgan fingerprint density at radius 1 is 1.10 bits per heavy atom. The van der Waals surface area contributed by atoms with Crippen molar-refractivity contribution in [3.05, 3.63) is 65.0 Å². The summed E-state index contributed by atoms with van der Waals surface area (Å²) in [6.07, 6.45) is 0.436. The van der Waals surface area contributed by atoms with Gasteiger partial charge >= 0.3 is 0 Å². The van der Waals surface area contributed by atoms with Crippen LogP contribution in [0.1, 0.15) is 63.6 Å². The molecule has 1 amide bonds. The largest absolute Gasteiger partial charge is 0.352 e. The van der Waals surface area contributed by atoms with Crippen LogP contribution >= 0.6 is 0 Å². The zero-order valence-corrected chi connectivity index (χ0v) is 19.1. The average molecular weight is 435 g/mol. The third kappa shape index (κ3) is 6.55. The van der Waals surface area contributed by atoms with Crippen LogP contribution in [-0.4, -0.2) is 20.1 Å². The Kier molecular flexibility index (Phi) is 7.64. The molecule has 0 saturated heterocycles. The number of hydrogen-bond donors (Lipinski definition) is 2. The lowest BCUT2D eigenvalue weighted by Crippen LogP contribution is -2.27. The molecule has 0 bridgehead atoms. The number of carbonyl (C=O) groups excluding carboxylic acids is 1. The normalized spacial score (nSPS) is 13.0. The van der Waals surface area contributed by atoms with E-state index in [1.165, 1.54) is 17.7 Å². The molecule has 0 radical (unpaired) electrons. The monoisotopic (exact) mass is 434 g/mol. The maximum absolute atomic E-state index is 14.4. The molecule has 2 aromatic carbocycles. The molecule has 0 aromatic heterocycles. The molecule has 30 heavy (non-hydrogen) atoms. The Bertz CT molecular complexity index is 980. The molecule has 0 aliphatic heterocycles. The molecule has 2 rings (SSSR count). The van der Waals surface area contributed by atoms with Gasteiger partial charge in [0.15, 0.2) is 0 Å². The fourth-order valence-electron chi connectivity index (χ4n) is 2.99. The van der Waals surface area contributed by atoms with Crippen LogP contribution in [0.2, 0.25) is 0 Å². The highest BCUT2D eigenvalue weighted by molar-refractivity contribution is 7.92. The van der Waals surface area contributed by atoms with E-state index < -0.39 is 21.8 Å². The van der Waals surface area contributed by atoms with Crippen molar-refractivity contribution in [3.63, 3.8) is 0 Å². The second kappa shape index (κ2) is 9.60. The molecule has 2 N–H and O–H groups in total. The minimum absolute atomic E-state index is 0.0667. The fraction of sp³-hybridized carbons (Fsp3) is 0.435. The zero-order valence-electron chi connectivity index (χ0n) is 18.3. The number of nitrogens with one attached hydrogen (secondary N) is 2. The smallest absolute Gasteiger partial charge is 0.232 e. The standard InChI is InChI=1S/C23H31FN2O3S/c1-6-13-30(28,29)26-21-12-9-18(14-20(21)24)16(2)22(27)25-15-17-7-10-19(11-8-17)23(3,4)5/h7-12,14,16,26H,6,13,15H2,1-5H3,(H,25,27)/t16-/m0/s1. The molecule has 0 saturated carbocycles. The van der Waals surface area contributed by atoms with Crippen LogP contribution < -0.4 is 10.0 Å². The van der Waals surface area contributed by atoms with E-state index in [4.69, 9.17) is 0 Å². The summed E-state index contributed by atoms with van der Waals surface area (Å²) in [6.45, 7) is 10.2. The highest BCUT2D eigenvalue weighted by Gasteiger charge is 2.19. The molecule has 7 heteroatoms. The van der Waals surface area contributed by atoms with Crippen LogP contribution in [0, 0.1) is 5.82 Å². The number of anilines is 1. The summed E-state index contributed by atoms with van der Waals surface area (Å²) in [5.41, 5.74) is 2.63. The summed E-state index contributed by atoms with van der Waals surface area (Å²) >= 11 is 0. The van der Waals surface area contributed by atoms with Gasteiger partial charge in [-0.05, 0) is 47.6 Å². The predicted molar refractivity (Wildman–Crippen MR) is 120 cm³/mol. The van der Waals surface area contributed by atoms with Gasteiger partial charge in [0.1, 0.15) is 5.82 Å². The predicted octanol–water partition coefficient (Wildman–Crippen LogP) is 4.69. The molecule has 164 valence electrons. The quantitative estimate of drug-likeness (QED) is 0.633. The lowest BCUT2D eigenvalue weighted by molar-refractivity contribution is -0.122. The van der Waals surface area contributed by atoms with Gasteiger partial charge < -0.3 is 5.32 Å². The minimum Gasteiger partial charge on any atom is -0.352 e. The molecule has 0 heterocycles. The lowest BCUT2D eigenvalue weighted by atomic mass is 9.87. The maximum Gasteiger partial charge on any atom is 0.232 e. The molecule has 0 unspecified atom stereocenters. The van der Waals surface area contributed by atoms with Gasteiger partial charge in [0.2, 0.25) is 15.9 Å². The first-order chi connectivity index (χ1) is 13.9. The first kappa shape index (κ1) is 23.9. The summed E-state index contributed by atoms with van der Waals surface area (Å²) in [5, 5.41) is 2.87. The van der Waals surface area contributed by atoms with E-state index in [1.54, 1.807) is 19.9 Å². The van der Waals surface area contributed by atoms with E-state index in [9.17, 15) is 17.6 Å². The summed E-state index contributed by atoms with van der Waals surface area (Å²) < 4.78 is 40.3. The van der Waals surface area contributed by atoms with E-state index in [0.717, 1.165) is 5.56 Å². The Morgan fingerprint density at radius 3 is 2.27 bits per heavy atom. The van der Waals surface area contributed by atoms with Gasteiger partial charge in [-0.3, -0.25) is 9.52 Å². The Balaban J connectivity index is 2.01. The maximum atomic E-state index is 14.4. The SMILES string of the molecule is CCCS(=O)(=O)Nc1ccc([C@H](C)C(=O)NCc2ccc(C(C)(C)C)cc2)cc1F. The van der Waals surface area contributed by atoms with Crippen molar-refractivity contribution >= 4 is 21.6 Å². The molecule has 0 spiro atoms. The number of rotatable bonds is 8. The van der Waals surface area contributed by atoms with E-state index >= 15 is 0 Å². The van der Waals surface area contributed by atoms with E-state index in [1.807, 2.05) is 12.1 Å². The Labute approximate surface area is 179 Å². The van der Waals surface area contributed by atoms with Crippen molar-refractivity contribution in [2.75, 3.05) is 10.5 Å². The number of amides is 1. The summed E-state index contributed by atoms with van der Waals surface area (Å²) in [6, 6.07) is 12.2. The average Bonchev–Trinajstić information content (AvgIpc) is 2.66. The molecule has 1 atom stereocenters. The summed E-state index contributed by atoms with van der Waals surface area (Å²) in [4.78, 5) is 12.5. The van der Waals surface area contributed by atoms with Crippen LogP contribution in [0.4, 0.5) is 10.1 Å². The minimum atomic E-state index is -3.58. The van der Waals surface area contributed by atoms with Gasteiger partial charge in [-0.1, -0.05) is 58.0 Å². The van der Waals surface area contributed by atoms with Crippen LogP contribution in [0.25, 0.3) is 0 Å². The van der Waals surface area contributed by atoms with Crippen molar-refractivity contribution in [3.8, 4) is 0 Å². The topological polar surface area (TPSA) is 75.3 Å². The van der Waals surface area contributed by atoms with Crippen LogP contribution in [0.5, 0.6) is 0 Å². The van der Waals surface area contributed by atoms with Gasteiger partial charge in [0.05, 0.1) is 17.4 Å². The van der Waals surface area contributed by atoms with E-state index in [-0.39, 0.29) is 22.8 Å². The third-order valence-corrected chi connectivity index (χ3v) is 6.39. The lowest BCUT2D eigenvalue weighted by Gasteiger charge is -2.19. The highest BCUT2D eigenvalue weighted by Crippen LogP contribution is 2.24. The highest BCUT2D eigenvalue weighted by atomic mass is 32.2. The molecule has 5 nitrogen and oxygen atoms in total. The van der Waals surface area contributed by atoms with Gasteiger partial charge in [-0.2, -0.15) is 0 Å². The van der Waals surface area contributed by atoms with Crippen molar-refractivity contribution in [2.24, 2.45) is 0 Å². The van der Waals surface area contributed by atoms with Crippen LogP contribution in [0.3, 0.4) is 0 Å². The fourth-order valence-corrected chi connectivity index (χ4v) is 4.13. The van der Waals surface area contributed by atoms with E-state index in [0.29, 0.717) is 18.5 Å². The molecule has 2 aromatic rings. The van der Waals surface area contributed by atoms with Gasteiger partial charge in [0, 0.05) is 6.54 Å². The van der Waals surface area contributed by atoms with Crippen molar-refractivity contribution in [1.82, 2.24) is 5.32 Å². The molecule has 0 fully saturated rings. The number of sulfonamides is 1.